The van der Waals surface area contributed by atoms with Crippen molar-refractivity contribution in [1.29, 1.82) is 0 Å². The van der Waals surface area contributed by atoms with Crippen LogP contribution in [0.1, 0.15) is 4.88 Å². The Morgan fingerprint density at radius 1 is 1.31 bits per heavy atom. The summed E-state index contributed by atoms with van der Waals surface area (Å²) in [4.78, 5) is 2.55. The van der Waals surface area contributed by atoms with E-state index in [1.807, 2.05) is 17.5 Å². The van der Waals surface area contributed by atoms with Crippen molar-refractivity contribution in [1.82, 2.24) is 4.90 Å². The van der Waals surface area contributed by atoms with Crippen LogP contribution in [-0.2, 0) is 6.42 Å². The molecule has 0 atom stereocenters. The molecular formula is C10H13BrF3NS. The predicted molar refractivity (Wildman–Crippen MR) is 64.3 cm³/mol. The molecule has 1 aromatic heterocycles. The van der Waals surface area contributed by atoms with Crippen LogP contribution in [0.15, 0.2) is 17.5 Å². The van der Waals surface area contributed by atoms with Gasteiger partial charge in [-0.05, 0) is 17.9 Å². The molecule has 0 unspecified atom stereocenters. The van der Waals surface area contributed by atoms with Gasteiger partial charge in [-0.2, -0.15) is 13.2 Å². The molecule has 0 fully saturated rings. The van der Waals surface area contributed by atoms with E-state index in [1.54, 1.807) is 11.3 Å². The number of nitrogens with zero attached hydrogens (tertiary/aromatic N) is 1. The average molecular weight is 316 g/mol. The molecule has 0 aliphatic rings. The minimum absolute atomic E-state index is 0.422. The van der Waals surface area contributed by atoms with Gasteiger partial charge in [0.25, 0.3) is 0 Å². The Balaban J connectivity index is 2.39. The first-order valence-corrected chi connectivity index (χ1v) is 6.89. The second kappa shape index (κ2) is 6.61. The van der Waals surface area contributed by atoms with Gasteiger partial charge in [0.1, 0.15) is 0 Å². The smallest absolute Gasteiger partial charge is 0.294 e. The minimum Gasteiger partial charge on any atom is -0.294 e. The lowest BCUT2D eigenvalue weighted by molar-refractivity contribution is -0.145. The maximum atomic E-state index is 12.2. The molecule has 0 saturated heterocycles. The number of hydrogen-bond acceptors (Lipinski definition) is 2. The van der Waals surface area contributed by atoms with Gasteiger partial charge in [-0.15, -0.1) is 11.3 Å². The fraction of sp³-hybridized carbons (Fsp3) is 0.600. The van der Waals surface area contributed by atoms with Crippen molar-refractivity contribution in [2.45, 2.75) is 12.6 Å². The summed E-state index contributed by atoms with van der Waals surface area (Å²) in [6, 6.07) is 3.86. The third kappa shape index (κ3) is 5.86. The molecule has 0 bridgehead atoms. The molecule has 0 aliphatic carbocycles. The summed E-state index contributed by atoms with van der Waals surface area (Å²) < 4.78 is 36.7. The molecule has 1 heterocycles. The molecule has 0 amide bonds. The van der Waals surface area contributed by atoms with Crippen molar-refractivity contribution >= 4 is 27.3 Å². The second-order valence-electron chi connectivity index (χ2n) is 3.41. The monoisotopic (exact) mass is 315 g/mol. The Labute approximate surface area is 105 Å². The molecule has 1 aromatic rings. The van der Waals surface area contributed by atoms with E-state index in [0.717, 1.165) is 4.88 Å². The van der Waals surface area contributed by atoms with Crippen molar-refractivity contribution in [3.63, 3.8) is 0 Å². The van der Waals surface area contributed by atoms with Crippen LogP contribution >= 0.6 is 27.3 Å². The summed E-state index contributed by atoms with van der Waals surface area (Å²) in [6.45, 7) is 0.0421. The maximum Gasteiger partial charge on any atom is 0.401 e. The van der Waals surface area contributed by atoms with Gasteiger partial charge in [-0.1, -0.05) is 22.0 Å². The van der Waals surface area contributed by atoms with Crippen molar-refractivity contribution in [3.8, 4) is 0 Å². The van der Waals surface area contributed by atoms with Gasteiger partial charge < -0.3 is 0 Å². The van der Waals surface area contributed by atoms with Crippen LogP contribution < -0.4 is 0 Å². The molecule has 0 spiro atoms. The summed E-state index contributed by atoms with van der Waals surface area (Å²) in [5.74, 6) is 0. The largest absolute Gasteiger partial charge is 0.401 e. The quantitative estimate of drug-likeness (QED) is 0.726. The summed E-state index contributed by atoms with van der Waals surface area (Å²) >= 11 is 4.75. The van der Waals surface area contributed by atoms with Crippen LogP contribution in [0.4, 0.5) is 13.2 Å². The molecule has 0 aliphatic heterocycles. The normalized spacial score (nSPS) is 12.3. The predicted octanol–water partition coefficient (Wildman–Crippen LogP) is 3.55. The van der Waals surface area contributed by atoms with Crippen molar-refractivity contribution < 1.29 is 13.2 Å². The van der Waals surface area contributed by atoms with Crippen LogP contribution in [0.2, 0.25) is 0 Å². The van der Waals surface area contributed by atoms with Crippen molar-refractivity contribution in [2.24, 2.45) is 0 Å². The first-order valence-electron chi connectivity index (χ1n) is 4.89. The lowest BCUT2D eigenvalue weighted by Crippen LogP contribution is -2.36. The van der Waals surface area contributed by atoms with Gasteiger partial charge in [0.05, 0.1) is 6.54 Å². The maximum absolute atomic E-state index is 12.2. The Hall–Kier alpha value is -0.0700. The van der Waals surface area contributed by atoms with Crippen molar-refractivity contribution in [2.75, 3.05) is 25.0 Å². The molecule has 0 N–H and O–H groups in total. The van der Waals surface area contributed by atoms with E-state index in [-0.39, 0.29) is 0 Å². The van der Waals surface area contributed by atoms with Crippen molar-refractivity contribution in [3.05, 3.63) is 22.4 Å². The van der Waals surface area contributed by atoms with Crippen LogP contribution in [0.25, 0.3) is 0 Å². The zero-order valence-corrected chi connectivity index (χ0v) is 11.0. The Bertz CT molecular complexity index is 287. The SMILES string of the molecule is FC(F)(F)CN(CCBr)CCc1cccs1. The Kier molecular flexibility index (Phi) is 5.78. The molecule has 0 aromatic carbocycles. The summed E-state index contributed by atoms with van der Waals surface area (Å²) in [7, 11) is 0. The minimum atomic E-state index is -4.11. The molecule has 6 heteroatoms. The second-order valence-corrected chi connectivity index (χ2v) is 5.23. The van der Waals surface area contributed by atoms with E-state index in [2.05, 4.69) is 15.9 Å². The highest BCUT2D eigenvalue weighted by Crippen LogP contribution is 2.17. The highest BCUT2D eigenvalue weighted by Gasteiger charge is 2.30. The molecular weight excluding hydrogens is 303 g/mol. The number of halogens is 4. The van der Waals surface area contributed by atoms with E-state index >= 15 is 0 Å². The fourth-order valence-electron chi connectivity index (χ4n) is 1.37. The molecule has 16 heavy (non-hydrogen) atoms. The van der Waals surface area contributed by atoms with Crippen LogP contribution in [0, 0.1) is 0 Å². The number of hydrogen-bond donors (Lipinski definition) is 0. The zero-order chi connectivity index (χ0) is 12.0. The Morgan fingerprint density at radius 2 is 2.06 bits per heavy atom. The third-order valence-corrected chi connectivity index (χ3v) is 3.35. The first-order chi connectivity index (χ1) is 7.51. The topological polar surface area (TPSA) is 3.24 Å². The van der Waals surface area contributed by atoms with Crippen LogP contribution in [0.3, 0.4) is 0 Å². The molecule has 1 nitrogen and oxygen atoms in total. The fourth-order valence-corrected chi connectivity index (χ4v) is 2.57. The lowest BCUT2D eigenvalue weighted by Gasteiger charge is -2.22. The lowest BCUT2D eigenvalue weighted by atomic mass is 10.3. The Morgan fingerprint density at radius 3 is 2.56 bits per heavy atom. The van der Waals surface area contributed by atoms with E-state index < -0.39 is 12.7 Å². The number of alkyl halides is 4. The molecule has 0 saturated carbocycles. The first kappa shape index (κ1) is 14.0. The molecule has 92 valence electrons. The standard InChI is InChI=1S/C10H13BrF3NS/c11-4-6-15(8-10(12,13)14)5-3-9-2-1-7-16-9/h1-2,7H,3-6,8H2. The van der Waals surface area contributed by atoms with Crippen LogP contribution in [0.5, 0.6) is 0 Å². The number of rotatable bonds is 6. The summed E-state index contributed by atoms with van der Waals surface area (Å²) in [5.41, 5.74) is 0. The number of thiophene rings is 1. The third-order valence-electron chi connectivity index (χ3n) is 2.06. The van der Waals surface area contributed by atoms with Gasteiger partial charge in [0, 0.05) is 23.3 Å². The highest BCUT2D eigenvalue weighted by molar-refractivity contribution is 9.09. The van der Waals surface area contributed by atoms with Gasteiger partial charge in [-0.25, -0.2) is 0 Å². The van der Waals surface area contributed by atoms with E-state index in [9.17, 15) is 13.2 Å². The van der Waals surface area contributed by atoms with Gasteiger partial charge >= 0.3 is 6.18 Å². The van der Waals surface area contributed by atoms with E-state index in [1.165, 1.54) is 4.90 Å². The molecule has 1 rings (SSSR count). The van der Waals surface area contributed by atoms with Gasteiger partial charge in [0.15, 0.2) is 0 Å². The zero-order valence-electron chi connectivity index (χ0n) is 8.63. The van der Waals surface area contributed by atoms with E-state index in [0.29, 0.717) is 24.8 Å². The summed E-state index contributed by atoms with van der Waals surface area (Å²) in [6.07, 6.45) is -3.43. The van der Waals surface area contributed by atoms with Gasteiger partial charge in [0.2, 0.25) is 0 Å². The van der Waals surface area contributed by atoms with E-state index in [4.69, 9.17) is 0 Å². The molecule has 0 radical (unpaired) electrons. The van der Waals surface area contributed by atoms with Crippen LogP contribution in [-0.4, -0.2) is 36.0 Å². The summed E-state index contributed by atoms with van der Waals surface area (Å²) in [5, 5.41) is 2.50. The average Bonchev–Trinajstić information content (AvgIpc) is 2.64. The van der Waals surface area contributed by atoms with Gasteiger partial charge in [-0.3, -0.25) is 4.90 Å². The highest BCUT2D eigenvalue weighted by atomic mass is 79.9.